The molecule has 1 unspecified atom stereocenters. The summed E-state index contributed by atoms with van der Waals surface area (Å²) in [7, 11) is 0. The zero-order chi connectivity index (χ0) is 13.0. The normalized spacial score (nSPS) is 12.6. The lowest BCUT2D eigenvalue weighted by atomic mass is 10.2. The van der Waals surface area contributed by atoms with E-state index in [-0.39, 0.29) is 11.9 Å². The first kappa shape index (κ1) is 12.6. The number of carbonyl (C=O) groups is 1. The Bertz CT molecular complexity index is 500. The van der Waals surface area contributed by atoms with Crippen LogP contribution in [0, 0.1) is 0 Å². The summed E-state index contributed by atoms with van der Waals surface area (Å²) < 4.78 is 5.47. The Morgan fingerprint density at radius 3 is 2.94 bits per heavy atom. The second-order valence-corrected chi connectivity index (χ2v) is 4.41. The molecule has 3 N–H and O–H groups in total. The summed E-state index contributed by atoms with van der Waals surface area (Å²) in [5.41, 5.74) is 6.56. The topological polar surface area (TPSA) is 68.3 Å². The number of amides is 1. The number of nitrogens with one attached hydrogen (secondary N) is 1. The summed E-state index contributed by atoms with van der Waals surface area (Å²) in [6, 6.07) is 9.30. The molecular formula is C14H18N2O2. The second kappa shape index (κ2) is 5.69. The number of nitrogens with two attached hydrogens (primary N) is 1. The highest BCUT2D eigenvalue weighted by atomic mass is 16.3. The van der Waals surface area contributed by atoms with Gasteiger partial charge in [0.05, 0.1) is 0 Å². The van der Waals surface area contributed by atoms with Crippen molar-refractivity contribution < 1.29 is 9.21 Å². The Morgan fingerprint density at radius 2 is 2.22 bits per heavy atom. The van der Waals surface area contributed by atoms with Crippen LogP contribution in [0.4, 0.5) is 0 Å². The largest absolute Gasteiger partial charge is 0.451 e. The van der Waals surface area contributed by atoms with Crippen molar-refractivity contribution >= 4 is 16.9 Å². The van der Waals surface area contributed by atoms with Crippen molar-refractivity contribution in [3.8, 4) is 0 Å². The lowest BCUT2D eigenvalue weighted by molar-refractivity contribution is 0.0925. The van der Waals surface area contributed by atoms with Gasteiger partial charge in [-0.1, -0.05) is 31.5 Å². The molecule has 1 aromatic carbocycles. The molecule has 0 aliphatic heterocycles. The van der Waals surface area contributed by atoms with Crippen LogP contribution in [0.15, 0.2) is 34.7 Å². The minimum Gasteiger partial charge on any atom is -0.451 e. The number of fused-ring (bicyclic) bond motifs is 1. The molecule has 0 spiro atoms. The van der Waals surface area contributed by atoms with Gasteiger partial charge in [-0.2, -0.15) is 0 Å². The summed E-state index contributed by atoms with van der Waals surface area (Å²) in [4.78, 5) is 11.9. The molecule has 96 valence electrons. The zero-order valence-electron chi connectivity index (χ0n) is 10.5. The molecule has 4 nitrogen and oxygen atoms in total. The van der Waals surface area contributed by atoms with Crippen molar-refractivity contribution in [2.45, 2.75) is 25.8 Å². The third-order valence-corrected chi connectivity index (χ3v) is 2.83. The van der Waals surface area contributed by atoms with Gasteiger partial charge in [0.1, 0.15) is 5.58 Å². The maximum Gasteiger partial charge on any atom is 0.287 e. The number of rotatable bonds is 5. The van der Waals surface area contributed by atoms with Crippen LogP contribution in [-0.2, 0) is 0 Å². The fraction of sp³-hybridized carbons (Fsp3) is 0.357. The molecule has 0 aliphatic rings. The van der Waals surface area contributed by atoms with Gasteiger partial charge in [-0.05, 0) is 18.6 Å². The number of para-hydroxylation sites is 1. The van der Waals surface area contributed by atoms with Crippen molar-refractivity contribution in [2.24, 2.45) is 5.73 Å². The lowest BCUT2D eigenvalue weighted by Gasteiger charge is -2.10. The second-order valence-electron chi connectivity index (χ2n) is 4.41. The third kappa shape index (κ3) is 2.90. The van der Waals surface area contributed by atoms with E-state index >= 15 is 0 Å². The van der Waals surface area contributed by atoms with Crippen molar-refractivity contribution in [1.29, 1.82) is 0 Å². The van der Waals surface area contributed by atoms with Crippen molar-refractivity contribution in [3.05, 3.63) is 36.1 Å². The maximum atomic E-state index is 11.9. The van der Waals surface area contributed by atoms with E-state index in [9.17, 15) is 4.79 Å². The van der Waals surface area contributed by atoms with Crippen molar-refractivity contribution in [1.82, 2.24) is 5.32 Å². The molecule has 0 fully saturated rings. The Labute approximate surface area is 106 Å². The van der Waals surface area contributed by atoms with Crippen LogP contribution in [0.25, 0.3) is 11.0 Å². The molecule has 0 aliphatic carbocycles. The van der Waals surface area contributed by atoms with Crippen LogP contribution in [0.1, 0.15) is 30.3 Å². The summed E-state index contributed by atoms with van der Waals surface area (Å²) in [6.07, 6.45) is 1.92. The monoisotopic (exact) mass is 246 g/mol. The number of furan rings is 1. The van der Waals surface area contributed by atoms with Crippen LogP contribution in [0.5, 0.6) is 0 Å². The Morgan fingerprint density at radius 1 is 1.44 bits per heavy atom. The summed E-state index contributed by atoms with van der Waals surface area (Å²) in [6.45, 7) is 2.55. The van der Waals surface area contributed by atoms with E-state index in [1.807, 2.05) is 24.3 Å². The van der Waals surface area contributed by atoms with E-state index in [4.69, 9.17) is 10.2 Å². The molecule has 1 heterocycles. The number of carbonyl (C=O) groups excluding carboxylic acids is 1. The molecule has 1 amide bonds. The van der Waals surface area contributed by atoms with Gasteiger partial charge in [0.2, 0.25) is 0 Å². The molecule has 0 saturated heterocycles. The zero-order valence-corrected chi connectivity index (χ0v) is 10.5. The molecular weight excluding hydrogens is 228 g/mol. The summed E-state index contributed by atoms with van der Waals surface area (Å²) in [5, 5.41) is 3.72. The van der Waals surface area contributed by atoms with Gasteiger partial charge in [0.25, 0.3) is 5.91 Å². The van der Waals surface area contributed by atoms with Crippen LogP contribution in [0.2, 0.25) is 0 Å². The van der Waals surface area contributed by atoms with Gasteiger partial charge in [-0.15, -0.1) is 0 Å². The van der Waals surface area contributed by atoms with E-state index in [0.29, 0.717) is 12.3 Å². The number of hydrogen-bond donors (Lipinski definition) is 2. The summed E-state index contributed by atoms with van der Waals surface area (Å²) in [5.74, 6) is 0.123. The van der Waals surface area contributed by atoms with Crippen LogP contribution < -0.4 is 11.1 Å². The average Bonchev–Trinajstić information content (AvgIpc) is 2.80. The third-order valence-electron chi connectivity index (χ3n) is 2.83. The van der Waals surface area contributed by atoms with Crippen molar-refractivity contribution in [2.75, 3.05) is 6.54 Å². The average molecular weight is 246 g/mol. The van der Waals surface area contributed by atoms with Crippen LogP contribution in [0.3, 0.4) is 0 Å². The van der Waals surface area contributed by atoms with Gasteiger partial charge in [0, 0.05) is 18.0 Å². The predicted molar refractivity (Wildman–Crippen MR) is 71.4 cm³/mol. The van der Waals surface area contributed by atoms with Gasteiger partial charge in [-0.25, -0.2) is 0 Å². The minimum atomic E-state index is -0.210. The maximum absolute atomic E-state index is 11.9. The van der Waals surface area contributed by atoms with Gasteiger partial charge in [0.15, 0.2) is 5.76 Å². The highest BCUT2D eigenvalue weighted by Gasteiger charge is 2.12. The number of benzene rings is 1. The summed E-state index contributed by atoms with van der Waals surface area (Å²) >= 11 is 0. The Kier molecular flexibility index (Phi) is 3.99. The molecule has 1 atom stereocenters. The molecule has 18 heavy (non-hydrogen) atoms. The quantitative estimate of drug-likeness (QED) is 0.850. The van der Waals surface area contributed by atoms with Gasteiger partial charge in [-0.3, -0.25) is 4.79 Å². The first-order valence-corrected chi connectivity index (χ1v) is 6.23. The highest BCUT2D eigenvalue weighted by molar-refractivity contribution is 5.96. The van der Waals surface area contributed by atoms with E-state index in [2.05, 4.69) is 12.2 Å². The molecule has 2 rings (SSSR count). The van der Waals surface area contributed by atoms with Gasteiger partial charge < -0.3 is 15.5 Å². The van der Waals surface area contributed by atoms with E-state index < -0.39 is 0 Å². The fourth-order valence-electron chi connectivity index (χ4n) is 1.88. The Hall–Kier alpha value is -1.81. The first-order valence-electron chi connectivity index (χ1n) is 6.23. The first-order chi connectivity index (χ1) is 8.70. The van der Waals surface area contributed by atoms with Crippen molar-refractivity contribution in [3.63, 3.8) is 0 Å². The molecule has 1 aromatic heterocycles. The predicted octanol–water partition coefficient (Wildman–Crippen LogP) is 2.29. The molecule has 2 aromatic rings. The smallest absolute Gasteiger partial charge is 0.287 e. The standard InChI is InChI=1S/C14H18N2O2/c1-2-5-11(15)9-16-14(17)13-8-10-6-3-4-7-12(10)18-13/h3-4,6-8,11H,2,5,9,15H2,1H3,(H,16,17). The SMILES string of the molecule is CCCC(N)CNC(=O)c1cc2ccccc2o1. The van der Waals surface area contributed by atoms with Gasteiger partial charge >= 0.3 is 0 Å². The molecule has 0 radical (unpaired) electrons. The van der Waals surface area contributed by atoms with Crippen LogP contribution >= 0.6 is 0 Å². The molecule has 0 bridgehead atoms. The van der Waals surface area contributed by atoms with Crippen LogP contribution in [-0.4, -0.2) is 18.5 Å². The lowest BCUT2D eigenvalue weighted by Crippen LogP contribution is -2.36. The minimum absolute atomic E-state index is 0.00308. The number of hydrogen-bond acceptors (Lipinski definition) is 3. The Balaban J connectivity index is 2.00. The van der Waals surface area contributed by atoms with E-state index in [0.717, 1.165) is 23.8 Å². The van der Waals surface area contributed by atoms with E-state index in [1.165, 1.54) is 0 Å². The molecule has 0 saturated carbocycles. The van der Waals surface area contributed by atoms with E-state index in [1.54, 1.807) is 6.07 Å². The molecule has 4 heteroatoms. The fourth-order valence-corrected chi connectivity index (χ4v) is 1.88. The highest BCUT2D eigenvalue weighted by Crippen LogP contribution is 2.18.